The van der Waals surface area contributed by atoms with E-state index in [0.29, 0.717) is 25.0 Å². The second kappa shape index (κ2) is 9.29. The number of guanidine groups is 1. The largest absolute Gasteiger partial charge is 0.352 e. The summed E-state index contributed by atoms with van der Waals surface area (Å²) < 4.78 is 25.4. The Morgan fingerprint density at radius 3 is 2.33 bits per heavy atom. The van der Waals surface area contributed by atoms with Crippen LogP contribution < -0.4 is 10.6 Å². The normalized spacial score (nSPS) is 12.6. The van der Waals surface area contributed by atoms with Gasteiger partial charge >= 0.3 is 0 Å². The van der Waals surface area contributed by atoms with E-state index in [1.807, 2.05) is 0 Å². The maximum Gasteiger partial charge on any atom is 0.242 e. The lowest BCUT2D eigenvalue weighted by atomic mass is 10.2. The van der Waals surface area contributed by atoms with Gasteiger partial charge in [0, 0.05) is 33.1 Å². The van der Waals surface area contributed by atoms with E-state index in [1.165, 1.54) is 18.4 Å². The molecule has 0 unspecified atom stereocenters. The molecule has 0 aliphatic carbocycles. The first-order chi connectivity index (χ1) is 12.7. The van der Waals surface area contributed by atoms with Crippen molar-refractivity contribution in [3.8, 4) is 0 Å². The lowest BCUT2D eigenvalue weighted by Crippen LogP contribution is -2.36. The highest BCUT2D eigenvalue weighted by atomic mass is 32.2. The lowest BCUT2D eigenvalue weighted by Gasteiger charge is -2.13. The molecule has 27 heavy (non-hydrogen) atoms. The predicted octanol–water partition coefficient (Wildman–Crippen LogP) is 2.38. The fourth-order valence-corrected chi connectivity index (χ4v) is 4.02. The van der Waals surface area contributed by atoms with E-state index in [9.17, 15) is 8.42 Å². The summed E-state index contributed by atoms with van der Waals surface area (Å²) in [5, 5.41) is 9.56. The minimum Gasteiger partial charge on any atom is -0.352 e. The zero-order chi connectivity index (χ0) is 20.0. The van der Waals surface area contributed by atoms with Crippen molar-refractivity contribution in [1.29, 1.82) is 0 Å². The first kappa shape index (κ1) is 21.3. The second-order valence-electron chi connectivity index (χ2n) is 6.53. The average Bonchev–Trinajstić information content (AvgIpc) is 3.11. The molecule has 0 bridgehead atoms. The monoisotopic (exact) mass is 409 g/mol. The Hall–Kier alpha value is -1.97. The molecule has 0 saturated carbocycles. The first-order valence-corrected chi connectivity index (χ1v) is 11.0. The van der Waals surface area contributed by atoms with Crippen LogP contribution in [0.15, 0.2) is 39.5 Å². The molecule has 2 rings (SSSR count). The predicted molar refractivity (Wildman–Crippen MR) is 111 cm³/mol. The van der Waals surface area contributed by atoms with Gasteiger partial charge in [0.25, 0.3) is 0 Å². The molecule has 0 spiro atoms. The highest BCUT2D eigenvalue weighted by Crippen LogP contribution is 2.17. The topological polar surface area (TPSA) is 86.7 Å². The average molecular weight is 410 g/mol. The van der Waals surface area contributed by atoms with Gasteiger partial charge in [-0.05, 0) is 23.6 Å². The lowest BCUT2D eigenvalue weighted by molar-refractivity contribution is 0.520. The second-order valence-corrected chi connectivity index (χ2v) is 9.63. The van der Waals surface area contributed by atoms with Crippen molar-refractivity contribution < 1.29 is 8.42 Å². The summed E-state index contributed by atoms with van der Waals surface area (Å²) in [4.78, 5) is 9.08. The number of aliphatic imine (C=N–C) groups is 1. The van der Waals surface area contributed by atoms with Gasteiger partial charge in [-0.2, -0.15) is 0 Å². The first-order valence-electron chi connectivity index (χ1n) is 8.64. The van der Waals surface area contributed by atoms with Crippen molar-refractivity contribution in [2.75, 3.05) is 21.1 Å². The molecule has 2 N–H and O–H groups in total. The zero-order valence-corrected chi connectivity index (χ0v) is 18.0. The quantitative estimate of drug-likeness (QED) is 0.542. The molecule has 1 aromatic heterocycles. The van der Waals surface area contributed by atoms with Crippen molar-refractivity contribution >= 4 is 27.3 Å². The van der Waals surface area contributed by atoms with Crippen LogP contribution in [-0.4, -0.2) is 44.8 Å². The van der Waals surface area contributed by atoms with Gasteiger partial charge in [0.15, 0.2) is 5.96 Å². The molecule has 9 heteroatoms. The van der Waals surface area contributed by atoms with Gasteiger partial charge < -0.3 is 10.6 Å². The van der Waals surface area contributed by atoms with Gasteiger partial charge in [-0.15, -0.1) is 11.3 Å². The van der Waals surface area contributed by atoms with Crippen LogP contribution in [0, 0.1) is 0 Å². The van der Waals surface area contributed by atoms with Crippen LogP contribution >= 0.6 is 11.3 Å². The molecular formula is C18H27N5O2S2. The molecule has 0 atom stereocenters. The molecule has 0 saturated heterocycles. The summed E-state index contributed by atoms with van der Waals surface area (Å²) in [5.41, 5.74) is 2.07. The molecule has 0 aliphatic heterocycles. The Morgan fingerprint density at radius 2 is 1.81 bits per heavy atom. The molecule has 0 amide bonds. The number of nitrogens with one attached hydrogen (secondary N) is 2. The summed E-state index contributed by atoms with van der Waals surface area (Å²) >= 11 is 1.63. The van der Waals surface area contributed by atoms with Crippen LogP contribution in [0.4, 0.5) is 0 Å². The van der Waals surface area contributed by atoms with Crippen LogP contribution in [-0.2, 0) is 23.1 Å². The molecule has 0 aliphatic rings. The Bertz CT molecular complexity index is 871. The van der Waals surface area contributed by atoms with E-state index >= 15 is 0 Å². The summed E-state index contributed by atoms with van der Waals surface area (Å²) in [6.45, 7) is 5.40. The maximum absolute atomic E-state index is 12.1. The van der Waals surface area contributed by atoms with E-state index < -0.39 is 10.0 Å². The molecule has 1 aromatic carbocycles. The molecule has 0 radical (unpaired) electrons. The van der Waals surface area contributed by atoms with Crippen LogP contribution in [0.25, 0.3) is 0 Å². The third-order valence-electron chi connectivity index (χ3n) is 3.95. The highest BCUT2D eigenvalue weighted by Gasteiger charge is 2.16. The van der Waals surface area contributed by atoms with E-state index in [4.69, 9.17) is 0 Å². The fraction of sp³-hybridized carbons (Fsp3) is 0.444. The number of aromatic nitrogens is 1. The summed E-state index contributed by atoms with van der Waals surface area (Å²) in [7, 11) is 1.35. The molecule has 0 fully saturated rings. The summed E-state index contributed by atoms with van der Waals surface area (Å²) in [6, 6.07) is 6.83. The summed E-state index contributed by atoms with van der Waals surface area (Å²) in [5.74, 6) is 1.09. The van der Waals surface area contributed by atoms with Crippen LogP contribution in [0.1, 0.15) is 36.0 Å². The minimum absolute atomic E-state index is 0.281. The molecule has 1 heterocycles. The smallest absolute Gasteiger partial charge is 0.242 e. The van der Waals surface area contributed by atoms with Crippen molar-refractivity contribution in [2.45, 2.75) is 37.8 Å². The van der Waals surface area contributed by atoms with Gasteiger partial charge in [0.1, 0.15) is 5.01 Å². The number of hydrogen-bond acceptors (Lipinski definition) is 5. The molecule has 148 valence electrons. The van der Waals surface area contributed by atoms with Crippen molar-refractivity contribution in [2.24, 2.45) is 4.99 Å². The number of hydrogen-bond donors (Lipinski definition) is 2. The van der Waals surface area contributed by atoms with E-state index in [-0.39, 0.29) is 4.90 Å². The van der Waals surface area contributed by atoms with Gasteiger partial charge in [0.05, 0.1) is 17.1 Å². The van der Waals surface area contributed by atoms with Crippen LogP contribution in [0.3, 0.4) is 0 Å². The SMILES string of the molecule is CN=C(NCc1ccc(S(=O)(=O)N(C)C)cc1)NCc1nc(C(C)C)cs1. The maximum atomic E-state index is 12.1. The number of rotatable bonds is 7. The van der Waals surface area contributed by atoms with Crippen molar-refractivity contribution in [3.63, 3.8) is 0 Å². The van der Waals surface area contributed by atoms with Gasteiger partial charge in [-0.3, -0.25) is 4.99 Å². The van der Waals surface area contributed by atoms with Gasteiger partial charge in [-0.1, -0.05) is 26.0 Å². The Morgan fingerprint density at radius 1 is 1.19 bits per heavy atom. The standard InChI is InChI=1S/C18H27N5O2S2/c1-13(2)16-12-26-17(22-16)11-21-18(19-3)20-10-14-6-8-15(9-7-14)27(24,25)23(4)5/h6-9,12-13H,10-11H2,1-5H3,(H2,19,20,21). The van der Waals surface area contributed by atoms with Crippen LogP contribution in [0.2, 0.25) is 0 Å². The summed E-state index contributed by atoms with van der Waals surface area (Å²) in [6.07, 6.45) is 0. The van der Waals surface area contributed by atoms with Crippen molar-refractivity contribution in [3.05, 3.63) is 45.9 Å². The Kier molecular flexibility index (Phi) is 7.34. The third-order valence-corrected chi connectivity index (χ3v) is 6.65. The van der Waals surface area contributed by atoms with E-state index in [1.54, 1.807) is 42.6 Å². The number of thiazole rings is 1. The van der Waals surface area contributed by atoms with Gasteiger partial charge in [0.2, 0.25) is 10.0 Å². The molecule has 7 nitrogen and oxygen atoms in total. The molecular weight excluding hydrogens is 382 g/mol. The number of nitrogens with zero attached hydrogens (tertiary/aromatic N) is 3. The highest BCUT2D eigenvalue weighted by molar-refractivity contribution is 7.89. The third kappa shape index (κ3) is 5.75. The minimum atomic E-state index is -3.40. The van der Waals surface area contributed by atoms with E-state index in [0.717, 1.165) is 16.3 Å². The Balaban J connectivity index is 1.90. The van der Waals surface area contributed by atoms with Crippen molar-refractivity contribution in [1.82, 2.24) is 19.9 Å². The van der Waals surface area contributed by atoms with E-state index in [2.05, 4.69) is 39.8 Å². The fourth-order valence-electron chi connectivity index (χ4n) is 2.23. The van der Waals surface area contributed by atoms with Crippen LogP contribution in [0.5, 0.6) is 0 Å². The Labute approximate surface area is 165 Å². The van der Waals surface area contributed by atoms with Gasteiger partial charge in [-0.25, -0.2) is 17.7 Å². The molecule has 2 aromatic rings. The zero-order valence-electron chi connectivity index (χ0n) is 16.4. The number of benzene rings is 1. The number of sulfonamides is 1.